The summed E-state index contributed by atoms with van der Waals surface area (Å²) in [7, 11) is 0. The number of aliphatic imine (C=N–C) groups is 1. The summed E-state index contributed by atoms with van der Waals surface area (Å²) >= 11 is 0. The fourth-order valence-corrected chi connectivity index (χ4v) is 2.44. The van der Waals surface area contributed by atoms with Crippen LogP contribution >= 0.6 is 24.0 Å². The van der Waals surface area contributed by atoms with E-state index in [0.717, 1.165) is 70.8 Å². The molecule has 0 heterocycles. The van der Waals surface area contributed by atoms with E-state index in [9.17, 15) is 5.11 Å². The summed E-state index contributed by atoms with van der Waals surface area (Å²) in [4.78, 5) is 4.51. The molecule has 1 aliphatic rings. The number of hydrogen-bond donors (Lipinski definition) is 3. The lowest BCUT2D eigenvalue weighted by Crippen LogP contribution is -2.39. The summed E-state index contributed by atoms with van der Waals surface area (Å²) in [5.41, 5.74) is -0.572. The SMILES string of the molecule is CCNC(=NCC1(O)CCCC1)NCCCCOCC.I. The molecular formula is C15H32IN3O2. The maximum absolute atomic E-state index is 10.3. The fraction of sp³-hybridized carbons (Fsp3) is 0.933. The van der Waals surface area contributed by atoms with Gasteiger partial charge in [0.15, 0.2) is 5.96 Å². The molecule has 0 unspecified atom stereocenters. The predicted octanol–water partition coefficient (Wildman–Crippen LogP) is 2.28. The van der Waals surface area contributed by atoms with Crippen molar-refractivity contribution in [3.63, 3.8) is 0 Å². The predicted molar refractivity (Wildman–Crippen MR) is 98.5 cm³/mol. The molecule has 1 fully saturated rings. The van der Waals surface area contributed by atoms with Gasteiger partial charge >= 0.3 is 0 Å². The van der Waals surface area contributed by atoms with E-state index >= 15 is 0 Å². The number of unbranched alkanes of at least 4 members (excludes halogenated alkanes) is 1. The van der Waals surface area contributed by atoms with Crippen LogP contribution in [0.1, 0.15) is 52.4 Å². The van der Waals surface area contributed by atoms with Crippen molar-refractivity contribution in [2.45, 2.75) is 58.0 Å². The molecule has 0 amide bonds. The van der Waals surface area contributed by atoms with Gasteiger partial charge in [0, 0.05) is 26.3 Å². The molecule has 6 heteroatoms. The van der Waals surface area contributed by atoms with Crippen LogP contribution in [0.2, 0.25) is 0 Å². The minimum Gasteiger partial charge on any atom is -0.388 e. The normalized spacial score (nSPS) is 17.4. The highest BCUT2D eigenvalue weighted by Crippen LogP contribution is 2.29. The van der Waals surface area contributed by atoms with Crippen LogP contribution in [0.5, 0.6) is 0 Å². The zero-order valence-corrected chi connectivity index (χ0v) is 15.8. The highest BCUT2D eigenvalue weighted by Gasteiger charge is 2.30. The number of nitrogens with one attached hydrogen (secondary N) is 2. The van der Waals surface area contributed by atoms with Crippen molar-refractivity contribution in [2.75, 3.05) is 32.8 Å². The summed E-state index contributed by atoms with van der Waals surface area (Å²) < 4.78 is 5.31. The van der Waals surface area contributed by atoms with Crippen molar-refractivity contribution in [1.82, 2.24) is 10.6 Å². The summed E-state index contributed by atoms with van der Waals surface area (Å²) in [6.45, 7) is 7.90. The Morgan fingerprint density at radius 3 is 2.52 bits per heavy atom. The highest BCUT2D eigenvalue weighted by molar-refractivity contribution is 14.0. The lowest BCUT2D eigenvalue weighted by Gasteiger charge is -2.20. The van der Waals surface area contributed by atoms with E-state index in [1.165, 1.54) is 0 Å². The second-order valence-corrected chi connectivity index (χ2v) is 5.46. The van der Waals surface area contributed by atoms with E-state index in [2.05, 4.69) is 22.5 Å². The molecule has 0 bridgehead atoms. The second kappa shape index (κ2) is 12.5. The van der Waals surface area contributed by atoms with Gasteiger partial charge in [0.2, 0.25) is 0 Å². The molecule has 3 N–H and O–H groups in total. The molecule has 21 heavy (non-hydrogen) atoms. The Bertz CT molecular complexity index is 282. The largest absolute Gasteiger partial charge is 0.388 e. The highest BCUT2D eigenvalue weighted by atomic mass is 127. The van der Waals surface area contributed by atoms with Gasteiger partial charge in [-0.3, -0.25) is 4.99 Å². The van der Waals surface area contributed by atoms with Crippen LogP contribution in [0.3, 0.4) is 0 Å². The molecule has 1 aliphatic carbocycles. The Hall–Kier alpha value is -0.0800. The van der Waals surface area contributed by atoms with E-state index in [4.69, 9.17) is 4.74 Å². The minimum atomic E-state index is -0.572. The average Bonchev–Trinajstić information content (AvgIpc) is 2.87. The lowest BCUT2D eigenvalue weighted by molar-refractivity contribution is 0.0574. The van der Waals surface area contributed by atoms with Gasteiger partial charge in [-0.25, -0.2) is 0 Å². The van der Waals surface area contributed by atoms with Crippen molar-refractivity contribution >= 4 is 29.9 Å². The zero-order valence-electron chi connectivity index (χ0n) is 13.5. The first-order chi connectivity index (χ1) is 9.70. The molecule has 5 nitrogen and oxygen atoms in total. The van der Waals surface area contributed by atoms with Crippen LogP contribution < -0.4 is 10.6 Å². The maximum Gasteiger partial charge on any atom is 0.191 e. The Morgan fingerprint density at radius 2 is 1.90 bits per heavy atom. The first kappa shape index (κ1) is 20.9. The molecular weight excluding hydrogens is 381 g/mol. The molecule has 0 saturated heterocycles. The molecule has 0 radical (unpaired) electrons. The van der Waals surface area contributed by atoms with E-state index in [-0.39, 0.29) is 24.0 Å². The Kier molecular flexibility index (Phi) is 12.4. The van der Waals surface area contributed by atoms with Crippen LogP contribution in [0.15, 0.2) is 4.99 Å². The lowest BCUT2D eigenvalue weighted by atomic mass is 10.0. The maximum atomic E-state index is 10.3. The second-order valence-electron chi connectivity index (χ2n) is 5.46. The topological polar surface area (TPSA) is 65.9 Å². The number of rotatable bonds is 9. The molecule has 0 aromatic rings. The fourth-order valence-electron chi connectivity index (χ4n) is 2.44. The van der Waals surface area contributed by atoms with Crippen molar-refractivity contribution in [1.29, 1.82) is 0 Å². The third-order valence-corrected chi connectivity index (χ3v) is 3.62. The van der Waals surface area contributed by atoms with Crippen molar-refractivity contribution in [2.24, 2.45) is 4.99 Å². The Labute approximate surface area is 146 Å². The van der Waals surface area contributed by atoms with Gasteiger partial charge in [-0.2, -0.15) is 0 Å². The Balaban J connectivity index is 0.00000400. The first-order valence-electron chi connectivity index (χ1n) is 8.02. The summed E-state index contributed by atoms with van der Waals surface area (Å²) in [6, 6.07) is 0. The van der Waals surface area contributed by atoms with E-state index in [1.54, 1.807) is 0 Å². The van der Waals surface area contributed by atoms with Gasteiger partial charge in [-0.1, -0.05) is 12.8 Å². The molecule has 126 valence electrons. The molecule has 0 aromatic heterocycles. The zero-order chi connectivity index (χ0) is 14.7. The van der Waals surface area contributed by atoms with E-state index < -0.39 is 5.60 Å². The monoisotopic (exact) mass is 413 g/mol. The molecule has 0 atom stereocenters. The van der Waals surface area contributed by atoms with Gasteiger partial charge in [0.25, 0.3) is 0 Å². The average molecular weight is 413 g/mol. The Morgan fingerprint density at radius 1 is 1.19 bits per heavy atom. The van der Waals surface area contributed by atoms with Crippen LogP contribution in [0.25, 0.3) is 0 Å². The van der Waals surface area contributed by atoms with Crippen LogP contribution in [-0.2, 0) is 4.74 Å². The first-order valence-corrected chi connectivity index (χ1v) is 8.02. The molecule has 0 aromatic carbocycles. The number of aliphatic hydroxyl groups is 1. The third-order valence-electron chi connectivity index (χ3n) is 3.62. The quantitative estimate of drug-likeness (QED) is 0.235. The third kappa shape index (κ3) is 9.52. The van der Waals surface area contributed by atoms with Gasteiger partial charge in [-0.05, 0) is 39.5 Å². The number of halogens is 1. The smallest absolute Gasteiger partial charge is 0.191 e. The van der Waals surface area contributed by atoms with Gasteiger partial charge in [-0.15, -0.1) is 24.0 Å². The van der Waals surface area contributed by atoms with E-state index in [0.29, 0.717) is 6.54 Å². The number of ether oxygens (including phenoxy) is 1. The summed E-state index contributed by atoms with van der Waals surface area (Å²) in [5.74, 6) is 0.809. The number of nitrogens with zero attached hydrogens (tertiary/aromatic N) is 1. The van der Waals surface area contributed by atoms with Crippen LogP contribution in [0, 0.1) is 0 Å². The molecule has 1 saturated carbocycles. The molecule has 0 spiro atoms. The summed E-state index contributed by atoms with van der Waals surface area (Å²) in [5, 5.41) is 16.8. The molecule has 0 aliphatic heterocycles. The van der Waals surface area contributed by atoms with E-state index in [1.807, 2.05) is 6.92 Å². The van der Waals surface area contributed by atoms with Crippen LogP contribution in [0.4, 0.5) is 0 Å². The van der Waals surface area contributed by atoms with Crippen LogP contribution in [-0.4, -0.2) is 49.5 Å². The van der Waals surface area contributed by atoms with Gasteiger partial charge < -0.3 is 20.5 Å². The summed E-state index contributed by atoms with van der Waals surface area (Å²) in [6.07, 6.45) is 6.12. The molecule has 1 rings (SSSR count). The van der Waals surface area contributed by atoms with Gasteiger partial charge in [0.05, 0.1) is 12.1 Å². The van der Waals surface area contributed by atoms with Crippen molar-refractivity contribution in [3.05, 3.63) is 0 Å². The number of hydrogen-bond acceptors (Lipinski definition) is 3. The number of guanidine groups is 1. The van der Waals surface area contributed by atoms with Crippen molar-refractivity contribution < 1.29 is 9.84 Å². The van der Waals surface area contributed by atoms with Gasteiger partial charge in [0.1, 0.15) is 0 Å². The van der Waals surface area contributed by atoms with Crippen molar-refractivity contribution in [3.8, 4) is 0 Å². The standard InChI is InChI=1S/C15H31N3O2.HI/c1-3-16-14(17-11-7-8-12-20-4-2)18-13-15(19)9-5-6-10-15;/h19H,3-13H2,1-2H3,(H2,16,17,18);1H. The minimum absolute atomic E-state index is 0.